The second-order valence-corrected chi connectivity index (χ2v) is 8.41. The summed E-state index contributed by atoms with van der Waals surface area (Å²) in [4.78, 5) is 13.0. The quantitative estimate of drug-likeness (QED) is 0.642. The Morgan fingerprint density at radius 2 is 1.93 bits per heavy atom. The molecule has 1 saturated heterocycles. The largest absolute Gasteiger partial charge is 0.490 e. The molecule has 0 aromatic carbocycles. The van der Waals surface area contributed by atoms with Crippen molar-refractivity contribution in [2.75, 3.05) is 26.2 Å². The molecule has 3 rings (SSSR count). The minimum atomic E-state index is -5.08. The molecule has 2 heterocycles. The Bertz CT molecular complexity index is 848. The number of aromatic nitrogens is 1. The Morgan fingerprint density at radius 1 is 1.34 bits per heavy atom. The molecule has 0 radical (unpaired) electrons. The number of carbonyl (C=O) groups is 1. The highest BCUT2D eigenvalue weighted by atomic mass is 32.2. The average Bonchev–Trinajstić information content (AvgIpc) is 3.27. The van der Waals surface area contributed by atoms with Gasteiger partial charge in [0.2, 0.25) is 15.9 Å². The van der Waals surface area contributed by atoms with Gasteiger partial charge in [-0.25, -0.2) is 22.6 Å². The number of halogens is 4. The predicted molar refractivity (Wildman–Crippen MR) is 92.0 cm³/mol. The number of nitrogens with two attached hydrogens (primary N) is 1. The van der Waals surface area contributed by atoms with Crippen LogP contribution in [0.3, 0.4) is 0 Å². The number of ether oxygens (including phenoxy) is 1. The van der Waals surface area contributed by atoms with E-state index in [0.29, 0.717) is 36.8 Å². The third kappa shape index (κ3) is 6.11. The van der Waals surface area contributed by atoms with Gasteiger partial charge in [-0.3, -0.25) is 0 Å². The maximum atomic E-state index is 12.4. The molecule has 0 spiro atoms. The van der Waals surface area contributed by atoms with Gasteiger partial charge in [0.25, 0.3) is 0 Å². The molecule has 1 saturated carbocycles. The van der Waals surface area contributed by atoms with Gasteiger partial charge >= 0.3 is 12.1 Å². The first-order chi connectivity index (χ1) is 13.5. The van der Waals surface area contributed by atoms with E-state index in [1.54, 1.807) is 0 Å². The number of alkyl halides is 3. The van der Waals surface area contributed by atoms with E-state index in [1.807, 2.05) is 0 Å². The number of aliphatic carboxylic acids is 1. The minimum absolute atomic E-state index is 0.0123. The highest BCUT2D eigenvalue weighted by molar-refractivity contribution is 7.89. The van der Waals surface area contributed by atoms with Crippen molar-refractivity contribution in [3.8, 4) is 5.88 Å². The van der Waals surface area contributed by atoms with Crippen molar-refractivity contribution in [1.82, 2.24) is 9.29 Å². The second kappa shape index (κ2) is 9.05. The number of fused-ring (bicyclic) bond motifs is 1. The zero-order chi connectivity index (χ0) is 21.8. The van der Waals surface area contributed by atoms with Crippen molar-refractivity contribution in [3.63, 3.8) is 0 Å². The maximum absolute atomic E-state index is 12.4. The Labute approximate surface area is 164 Å². The van der Waals surface area contributed by atoms with Crippen molar-refractivity contribution in [3.05, 3.63) is 30.2 Å². The normalized spacial score (nSPS) is 21.8. The van der Waals surface area contributed by atoms with Crippen LogP contribution in [0.25, 0.3) is 0 Å². The molecule has 2 aliphatic rings. The molecule has 3 N–H and O–H groups in total. The van der Waals surface area contributed by atoms with Crippen molar-refractivity contribution >= 4 is 16.0 Å². The zero-order valence-electron chi connectivity index (χ0n) is 15.0. The summed E-state index contributed by atoms with van der Waals surface area (Å²) in [5.74, 6) is -1.46. The van der Waals surface area contributed by atoms with E-state index < -0.39 is 22.2 Å². The fraction of sp³-hybridized carbons (Fsp3) is 0.500. The van der Waals surface area contributed by atoms with Crippen LogP contribution in [0.4, 0.5) is 17.6 Å². The van der Waals surface area contributed by atoms with Gasteiger partial charge in [-0.1, -0.05) is 0 Å². The van der Waals surface area contributed by atoms with Crippen LogP contribution in [-0.2, 0) is 14.8 Å². The molecular weight excluding hydrogens is 422 g/mol. The van der Waals surface area contributed by atoms with Crippen LogP contribution in [0.15, 0.2) is 35.1 Å². The number of rotatable bonds is 6. The molecule has 8 nitrogen and oxygen atoms in total. The van der Waals surface area contributed by atoms with Crippen molar-refractivity contribution in [2.45, 2.75) is 17.5 Å². The number of pyridine rings is 1. The molecule has 1 aliphatic heterocycles. The summed E-state index contributed by atoms with van der Waals surface area (Å²) in [6.07, 6.45) is -2.27. The molecule has 0 bridgehead atoms. The summed E-state index contributed by atoms with van der Waals surface area (Å²) < 4.78 is 75.8. The lowest BCUT2D eigenvalue weighted by molar-refractivity contribution is -0.192. The van der Waals surface area contributed by atoms with Gasteiger partial charge in [-0.15, -0.1) is 0 Å². The standard InChI is InChI=1S/C14H18FN3O3S.C2HF3O2/c15-4-10(5-16)9-21-14-2-1-13(6-17-14)22(19,20)18-7-11-3-12(11)8-18;3-2(4,5)1(6)7/h1-2,4,6,11-12H,3,5,7-9,16H2;(H,6,7)/b10-4+;. The number of sulfonamides is 1. The maximum Gasteiger partial charge on any atom is 0.490 e. The van der Waals surface area contributed by atoms with Gasteiger partial charge in [0.1, 0.15) is 11.5 Å². The van der Waals surface area contributed by atoms with Crippen LogP contribution in [0.2, 0.25) is 0 Å². The second-order valence-electron chi connectivity index (χ2n) is 6.47. The Hall–Kier alpha value is -2.25. The molecule has 0 amide bonds. The summed E-state index contributed by atoms with van der Waals surface area (Å²) in [6.45, 7) is 1.25. The molecule has 1 aromatic rings. The van der Waals surface area contributed by atoms with E-state index in [-0.39, 0.29) is 23.9 Å². The lowest BCUT2D eigenvalue weighted by Crippen LogP contribution is -2.30. The van der Waals surface area contributed by atoms with Gasteiger partial charge in [-0.2, -0.15) is 17.5 Å². The van der Waals surface area contributed by atoms with Crippen LogP contribution in [0.5, 0.6) is 5.88 Å². The number of carboxylic acids is 1. The van der Waals surface area contributed by atoms with E-state index in [2.05, 4.69) is 4.98 Å². The van der Waals surface area contributed by atoms with Crippen LogP contribution in [0.1, 0.15) is 6.42 Å². The number of carboxylic acid groups (broad SMARTS) is 1. The van der Waals surface area contributed by atoms with Crippen molar-refractivity contribution in [1.29, 1.82) is 0 Å². The summed E-state index contributed by atoms with van der Waals surface area (Å²) in [5, 5.41) is 7.12. The van der Waals surface area contributed by atoms with Crippen LogP contribution < -0.4 is 10.5 Å². The monoisotopic (exact) mass is 441 g/mol. The first-order valence-electron chi connectivity index (χ1n) is 8.36. The number of piperidine rings is 1. The van der Waals surface area contributed by atoms with E-state index in [0.717, 1.165) is 6.42 Å². The minimum Gasteiger partial charge on any atom is -0.475 e. The van der Waals surface area contributed by atoms with E-state index in [9.17, 15) is 26.0 Å². The average molecular weight is 441 g/mol. The van der Waals surface area contributed by atoms with Gasteiger partial charge in [0, 0.05) is 31.3 Å². The van der Waals surface area contributed by atoms with Crippen LogP contribution >= 0.6 is 0 Å². The van der Waals surface area contributed by atoms with Gasteiger partial charge in [0.15, 0.2) is 0 Å². The zero-order valence-corrected chi connectivity index (χ0v) is 15.8. The van der Waals surface area contributed by atoms with Crippen LogP contribution in [-0.4, -0.2) is 61.2 Å². The summed E-state index contributed by atoms with van der Waals surface area (Å²) in [5.41, 5.74) is 5.62. The van der Waals surface area contributed by atoms with E-state index in [1.165, 1.54) is 22.6 Å². The molecule has 162 valence electrons. The van der Waals surface area contributed by atoms with Gasteiger partial charge in [-0.05, 0) is 24.3 Å². The third-order valence-corrected chi connectivity index (χ3v) is 6.17. The molecule has 2 unspecified atom stereocenters. The lowest BCUT2D eigenvalue weighted by Gasteiger charge is -2.17. The SMILES string of the molecule is NC/C(=C\F)COc1ccc(S(=O)(=O)N2CC3CC3C2)cn1.O=C(O)C(F)(F)F. The van der Waals surface area contributed by atoms with Crippen molar-refractivity contribution in [2.24, 2.45) is 17.6 Å². The topological polar surface area (TPSA) is 123 Å². The number of hydrogen-bond acceptors (Lipinski definition) is 6. The van der Waals surface area contributed by atoms with Gasteiger partial charge in [0.05, 0.1) is 12.5 Å². The highest BCUT2D eigenvalue weighted by Gasteiger charge is 2.49. The molecule has 2 fully saturated rings. The fourth-order valence-corrected chi connectivity index (χ4v) is 4.11. The summed E-state index contributed by atoms with van der Waals surface area (Å²) in [6, 6.07) is 2.93. The van der Waals surface area contributed by atoms with Crippen LogP contribution in [0, 0.1) is 11.8 Å². The third-order valence-electron chi connectivity index (χ3n) is 4.36. The molecule has 1 aromatic heterocycles. The van der Waals surface area contributed by atoms with Gasteiger partial charge < -0.3 is 15.6 Å². The first kappa shape index (κ1) is 23.0. The number of hydrogen-bond donors (Lipinski definition) is 2. The predicted octanol–water partition coefficient (Wildman–Crippen LogP) is 1.55. The molecule has 2 atom stereocenters. The Balaban J connectivity index is 0.000000370. The highest BCUT2D eigenvalue weighted by Crippen LogP contribution is 2.46. The smallest absolute Gasteiger partial charge is 0.475 e. The molecular formula is C16H19F4N3O5S. The van der Waals surface area contributed by atoms with E-state index >= 15 is 0 Å². The Kier molecular flexibility index (Phi) is 7.19. The summed E-state index contributed by atoms with van der Waals surface area (Å²) in [7, 11) is -3.47. The molecule has 1 aliphatic carbocycles. The summed E-state index contributed by atoms with van der Waals surface area (Å²) >= 11 is 0. The lowest BCUT2D eigenvalue weighted by atomic mass is 10.3. The molecule has 29 heavy (non-hydrogen) atoms. The Morgan fingerprint density at radius 3 is 2.34 bits per heavy atom. The molecule has 13 heteroatoms. The van der Waals surface area contributed by atoms with E-state index in [4.69, 9.17) is 20.4 Å². The van der Waals surface area contributed by atoms with Crippen molar-refractivity contribution < 1.29 is 40.6 Å². The number of nitrogens with zero attached hydrogens (tertiary/aromatic N) is 2. The fourth-order valence-electron chi connectivity index (χ4n) is 2.61. The first-order valence-corrected chi connectivity index (χ1v) is 9.80.